The van der Waals surface area contributed by atoms with Gasteiger partial charge in [0.15, 0.2) is 0 Å². The summed E-state index contributed by atoms with van der Waals surface area (Å²) < 4.78 is 0. The molecule has 2 atom stereocenters. The van der Waals surface area contributed by atoms with Crippen molar-refractivity contribution in [2.45, 2.75) is 37.8 Å². The molecule has 327 valence electrons. The van der Waals surface area contributed by atoms with Gasteiger partial charge in [-0.1, -0.05) is 195 Å². The van der Waals surface area contributed by atoms with Gasteiger partial charge in [0.25, 0.3) is 0 Å². The van der Waals surface area contributed by atoms with Crippen LogP contribution in [0.1, 0.15) is 36.8 Å². The molecule has 0 unspecified atom stereocenters. The number of benzene rings is 10. The molecular weight excluding hydrogens is 910 g/mol. The van der Waals surface area contributed by atoms with Gasteiger partial charge in [-0.05, 0) is 90.3 Å². The summed E-state index contributed by atoms with van der Waals surface area (Å²) in [6, 6.07) is 66.9. The molecule has 10 aromatic carbocycles. The van der Waals surface area contributed by atoms with Crippen molar-refractivity contribution in [3.63, 3.8) is 0 Å². The van der Waals surface area contributed by atoms with E-state index in [4.69, 9.17) is 14.8 Å². The minimum atomic E-state index is -0.0958. The fourth-order valence-corrected chi connectivity index (χ4v) is 10.0. The number of hydrogen-bond donors (Lipinski definition) is 2. The molecule has 0 spiro atoms. The number of aliphatic imine (C=N–C) groups is 2. The van der Waals surface area contributed by atoms with Gasteiger partial charge in [-0.15, -0.1) is 0 Å². The zero-order chi connectivity index (χ0) is 45.0. The van der Waals surface area contributed by atoms with Crippen LogP contribution in [0, 0.1) is 0 Å². The SMILES string of the molecule is Oc1c(C=N[C@@H]2CCCC[C@H]2N=Cc2cc3ccccc3c(-c3c(-c4ccccc4)ccc4ccccc34)c2O)cc2ccccc2c1-c1c(-c2ccccc2)ccc2ccccc12.[CH-]=O.[Ru+]. The second-order valence-corrected chi connectivity index (χ2v) is 16.9. The van der Waals surface area contributed by atoms with Gasteiger partial charge < -0.3 is 15.0 Å². The van der Waals surface area contributed by atoms with Crippen LogP contribution in [0.3, 0.4) is 0 Å². The topological polar surface area (TPSA) is 82.2 Å². The van der Waals surface area contributed by atoms with Crippen LogP contribution >= 0.6 is 0 Å². The molecule has 6 heteroatoms. The molecule has 1 radical (unpaired) electrons. The average molecular weight is 957 g/mol. The molecule has 0 heterocycles. The molecule has 10 aromatic rings. The molecule has 2 N–H and O–H groups in total. The maximum Gasteiger partial charge on any atom is 1.00 e. The molecule has 0 saturated heterocycles. The maximum atomic E-state index is 12.5. The van der Waals surface area contributed by atoms with E-state index >= 15 is 0 Å². The monoisotopic (exact) mass is 957 g/mol. The summed E-state index contributed by atoms with van der Waals surface area (Å²) in [4.78, 5) is 18.2. The predicted molar refractivity (Wildman–Crippen MR) is 276 cm³/mol. The quantitative estimate of drug-likeness (QED) is 0.0689. The Balaban J connectivity index is 0.00000185. The van der Waals surface area contributed by atoms with Gasteiger partial charge in [-0.3, -0.25) is 16.8 Å². The van der Waals surface area contributed by atoms with Crippen molar-refractivity contribution < 1.29 is 34.5 Å². The molecule has 1 aliphatic carbocycles. The summed E-state index contributed by atoms with van der Waals surface area (Å²) in [6.07, 6.45) is 7.60. The standard InChI is InChI=1S/C60H46N2O2.CHO.Ru/c63-59-45(35-43-23-9-13-27-49(43)57(59)55-47-25-11-7-21-41(47)31-33-51(55)39-17-3-1-4-18-39)37-61-53-29-15-16-30-54(53)62-38-46-36-44-24-10-14-28-50(44)58(60(46)64)56-48-26-12-8-22-42(48)32-34-52(56)40-19-5-2-6-20-40;1-2;/h1-14,17-28,31-38,53-54,63-64H,15-16,29-30H2;1H;/q;-1;+1/t53-,54-;;/m1../s1. The van der Waals surface area contributed by atoms with Crippen molar-refractivity contribution in [2.75, 3.05) is 0 Å². The van der Waals surface area contributed by atoms with Crippen molar-refractivity contribution in [1.29, 1.82) is 0 Å². The van der Waals surface area contributed by atoms with Gasteiger partial charge >= 0.3 is 19.5 Å². The number of phenols is 2. The fourth-order valence-electron chi connectivity index (χ4n) is 10.0. The summed E-state index contributed by atoms with van der Waals surface area (Å²) in [6.45, 7) is 3.25. The third kappa shape index (κ3) is 8.57. The molecule has 5 nitrogen and oxygen atoms in total. The van der Waals surface area contributed by atoms with E-state index in [0.29, 0.717) is 11.1 Å². The second-order valence-electron chi connectivity index (χ2n) is 16.9. The van der Waals surface area contributed by atoms with Crippen molar-refractivity contribution in [3.05, 3.63) is 205 Å². The second kappa shape index (κ2) is 19.9. The largest absolute Gasteiger partial charge is 1.00 e. The van der Waals surface area contributed by atoms with Gasteiger partial charge in [0.05, 0.1) is 12.1 Å². The minimum Gasteiger partial charge on any atom is -0.545 e. The Bertz CT molecular complexity index is 3230. The van der Waals surface area contributed by atoms with Crippen LogP contribution in [0.25, 0.3) is 87.6 Å². The number of phenolic OH excluding ortho intramolecular Hbond substituents is 2. The Labute approximate surface area is 403 Å². The van der Waals surface area contributed by atoms with Crippen molar-refractivity contribution in [3.8, 4) is 56.0 Å². The van der Waals surface area contributed by atoms with E-state index in [2.05, 4.69) is 165 Å². The molecular formula is C61H47N2O3Ru. The first kappa shape index (κ1) is 44.7. The van der Waals surface area contributed by atoms with Gasteiger partial charge in [0.2, 0.25) is 0 Å². The van der Waals surface area contributed by atoms with E-state index in [1.165, 1.54) is 0 Å². The normalized spacial score (nSPS) is 14.9. The Morgan fingerprint density at radius 1 is 0.403 bits per heavy atom. The number of carbonyl (C=O) groups excluding carboxylic acids is 1. The summed E-state index contributed by atoms with van der Waals surface area (Å²) in [5.41, 5.74) is 9.27. The number of nitrogens with zero attached hydrogens (tertiary/aromatic N) is 2. The van der Waals surface area contributed by atoms with Gasteiger partial charge in [-0.25, -0.2) is 0 Å². The Hall–Kier alpha value is -7.53. The average Bonchev–Trinajstić information content (AvgIpc) is 3.38. The smallest absolute Gasteiger partial charge is 0.545 e. The Kier molecular flexibility index (Phi) is 13.3. The molecule has 0 aromatic heterocycles. The van der Waals surface area contributed by atoms with E-state index in [9.17, 15) is 10.2 Å². The van der Waals surface area contributed by atoms with Crippen molar-refractivity contribution in [2.24, 2.45) is 9.98 Å². The molecule has 11 rings (SSSR count). The molecule has 1 aliphatic rings. The third-order valence-electron chi connectivity index (χ3n) is 13.1. The summed E-state index contributed by atoms with van der Waals surface area (Å²) >= 11 is 0. The van der Waals surface area contributed by atoms with E-state index in [1.807, 2.05) is 48.8 Å². The molecule has 1 saturated carbocycles. The first-order valence-corrected chi connectivity index (χ1v) is 22.5. The summed E-state index contributed by atoms with van der Waals surface area (Å²) in [7, 11) is 0. The van der Waals surface area contributed by atoms with Crippen molar-refractivity contribution >= 4 is 62.3 Å². The molecule has 0 aliphatic heterocycles. The molecule has 0 bridgehead atoms. The van der Waals surface area contributed by atoms with Crippen LogP contribution in [0.15, 0.2) is 204 Å². The Morgan fingerprint density at radius 3 is 1.12 bits per heavy atom. The Morgan fingerprint density at radius 2 is 0.731 bits per heavy atom. The van der Waals surface area contributed by atoms with Crippen LogP contribution in [0.2, 0.25) is 0 Å². The number of rotatable bonds is 8. The summed E-state index contributed by atoms with van der Waals surface area (Å²) in [5, 5.41) is 33.4. The fraction of sp³-hybridized carbons (Fsp3) is 0.0984. The number of aromatic hydroxyl groups is 2. The number of hydrogen-bond acceptors (Lipinski definition) is 5. The van der Waals surface area contributed by atoms with E-state index in [-0.39, 0.29) is 43.1 Å². The minimum absolute atomic E-state index is 0. The first-order valence-electron chi connectivity index (χ1n) is 22.5. The molecule has 0 amide bonds. The van der Waals surface area contributed by atoms with Gasteiger partial charge in [0.1, 0.15) is 11.5 Å². The zero-order valence-corrected chi connectivity index (χ0v) is 38.5. The van der Waals surface area contributed by atoms with E-state index < -0.39 is 0 Å². The van der Waals surface area contributed by atoms with Crippen LogP contribution < -0.4 is 0 Å². The van der Waals surface area contributed by atoms with E-state index in [1.54, 1.807) is 0 Å². The summed E-state index contributed by atoms with van der Waals surface area (Å²) in [5.74, 6) is 0.424. The maximum absolute atomic E-state index is 12.5. The van der Waals surface area contributed by atoms with Gasteiger partial charge in [-0.2, -0.15) is 0 Å². The zero-order valence-electron chi connectivity index (χ0n) is 36.7. The van der Waals surface area contributed by atoms with Crippen LogP contribution in [-0.4, -0.2) is 41.5 Å². The number of fused-ring (bicyclic) bond motifs is 4. The predicted octanol–water partition coefficient (Wildman–Crippen LogP) is 15.0. The van der Waals surface area contributed by atoms with Crippen LogP contribution in [0.4, 0.5) is 0 Å². The van der Waals surface area contributed by atoms with Crippen LogP contribution in [0.5, 0.6) is 11.5 Å². The molecule has 1 fully saturated rings. The first-order chi connectivity index (χ1) is 32.6. The van der Waals surface area contributed by atoms with Crippen molar-refractivity contribution in [1.82, 2.24) is 0 Å². The third-order valence-corrected chi connectivity index (χ3v) is 13.1. The van der Waals surface area contributed by atoms with Gasteiger partial charge in [0, 0.05) is 45.8 Å². The molecule has 67 heavy (non-hydrogen) atoms. The van der Waals surface area contributed by atoms with E-state index in [0.717, 1.165) is 113 Å². The van der Waals surface area contributed by atoms with Crippen LogP contribution in [-0.2, 0) is 24.3 Å².